The molecule has 6 aromatic rings. The second-order valence-electron chi connectivity index (χ2n) is 19.2. The van der Waals surface area contributed by atoms with Crippen molar-refractivity contribution < 1.29 is 44.1 Å². The van der Waals surface area contributed by atoms with E-state index in [9.17, 15) is 14.4 Å². The van der Waals surface area contributed by atoms with Crippen molar-refractivity contribution >= 4 is 46.4 Å². The molecule has 0 saturated heterocycles. The van der Waals surface area contributed by atoms with E-state index in [0.717, 1.165) is 50.5 Å². The zero-order valence-electron chi connectivity index (χ0n) is 42.4. The van der Waals surface area contributed by atoms with Gasteiger partial charge in [-0.05, 0) is 128 Å². The van der Waals surface area contributed by atoms with Gasteiger partial charge in [-0.1, -0.05) is 183 Å². The smallest absolute Gasteiger partial charge is 0.478 e. The van der Waals surface area contributed by atoms with Crippen LogP contribution in [0.2, 0.25) is 0 Å². The summed E-state index contributed by atoms with van der Waals surface area (Å²) in [4.78, 5) is 33.7. The molecule has 0 unspecified atom stereocenters. The first kappa shape index (κ1) is 61.2. The van der Waals surface area contributed by atoms with Crippen LogP contribution in [0.5, 0.6) is 0 Å². The Hall–Kier alpha value is -5.85. The number of rotatable bonds is 6. The number of carbonyl (C=O) groups excluding carboxylic acids is 2. The van der Waals surface area contributed by atoms with Crippen LogP contribution in [0.3, 0.4) is 0 Å². The zero-order valence-corrected chi connectivity index (χ0v) is 44.0. The largest absolute Gasteiger partial charge is 0.488 e. The SMILES string of the molecule is C.CC(C)(C)c1ccc(B(O)O)cc1.CO.COC(=O)c1ccc(-c2ccc(C(C)(C)C)cc2)cc1C.COC(=O)c1ccc(Br)cc1C.Cc1cc(-c2ccc(C(C)(C)C)cc2)ccc1C(=O)O. The quantitative estimate of drug-likeness (QED) is 0.0944. The van der Waals surface area contributed by atoms with Crippen LogP contribution in [-0.2, 0) is 25.7 Å². The molecule has 11 heteroatoms. The number of aliphatic hydroxyl groups is 1. The highest BCUT2D eigenvalue weighted by Crippen LogP contribution is 2.29. The summed E-state index contributed by atoms with van der Waals surface area (Å²) < 4.78 is 10.3. The van der Waals surface area contributed by atoms with Crippen molar-refractivity contribution in [2.45, 2.75) is 107 Å². The summed E-state index contributed by atoms with van der Waals surface area (Å²) >= 11 is 3.32. The average molecular weight is 1010 g/mol. The van der Waals surface area contributed by atoms with Gasteiger partial charge in [0.1, 0.15) is 0 Å². The van der Waals surface area contributed by atoms with E-state index >= 15 is 0 Å². The van der Waals surface area contributed by atoms with Crippen LogP contribution in [0.25, 0.3) is 22.3 Å². The van der Waals surface area contributed by atoms with Crippen molar-refractivity contribution in [1.29, 1.82) is 0 Å². The van der Waals surface area contributed by atoms with Crippen LogP contribution in [0.4, 0.5) is 0 Å². The Morgan fingerprint density at radius 1 is 0.464 bits per heavy atom. The van der Waals surface area contributed by atoms with E-state index in [1.165, 1.54) is 30.9 Å². The van der Waals surface area contributed by atoms with Gasteiger partial charge < -0.3 is 29.7 Å². The molecule has 6 rings (SSSR count). The molecular formula is C58H74BBrO9. The molecule has 0 aliphatic rings. The van der Waals surface area contributed by atoms with Gasteiger partial charge in [0.05, 0.1) is 30.9 Å². The summed E-state index contributed by atoms with van der Waals surface area (Å²) in [5.41, 5.74) is 13.4. The maximum atomic E-state index is 11.6. The Kier molecular flexibility index (Phi) is 24.3. The number of aliphatic hydroxyl groups excluding tert-OH is 1. The molecule has 0 atom stereocenters. The Morgan fingerprint density at radius 3 is 1.03 bits per heavy atom. The number of halogens is 1. The zero-order chi connectivity index (χ0) is 51.7. The third kappa shape index (κ3) is 18.9. The number of hydrogen-bond donors (Lipinski definition) is 4. The van der Waals surface area contributed by atoms with Gasteiger partial charge in [0.15, 0.2) is 0 Å². The summed E-state index contributed by atoms with van der Waals surface area (Å²) in [5, 5.41) is 33.8. The second-order valence-corrected chi connectivity index (χ2v) is 20.1. The number of ether oxygens (including phenoxy) is 2. The van der Waals surface area contributed by atoms with E-state index in [1.54, 1.807) is 24.3 Å². The fraction of sp³-hybridized carbons (Fsp3) is 0.328. The molecule has 6 aromatic carbocycles. The van der Waals surface area contributed by atoms with E-state index < -0.39 is 13.1 Å². The molecule has 0 bridgehead atoms. The van der Waals surface area contributed by atoms with Crippen molar-refractivity contribution in [1.82, 2.24) is 0 Å². The number of esters is 2. The number of benzene rings is 6. The van der Waals surface area contributed by atoms with Crippen molar-refractivity contribution in [3.8, 4) is 22.3 Å². The summed E-state index contributed by atoms with van der Waals surface area (Å²) in [5.74, 6) is -1.46. The lowest BCUT2D eigenvalue weighted by Gasteiger charge is -2.19. The molecule has 9 nitrogen and oxygen atoms in total. The van der Waals surface area contributed by atoms with E-state index in [2.05, 4.69) is 132 Å². The molecule has 0 spiro atoms. The van der Waals surface area contributed by atoms with E-state index in [0.29, 0.717) is 22.2 Å². The lowest BCUT2D eigenvalue weighted by atomic mass is 9.78. The van der Waals surface area contributed by atoms with Crippen molar-refractivity contribution in [3.05, 3.63) is 182 Å². The summed E-state index contributed by atoms with van der Waals surface area (Å²) in [6.07, 6.45) is 0. The predicted octanol–water partition coefficient (Wildman–Crippen LogP) is 12.9. The highest BCUT2D eigenvalue weighted by Gasteiger charge is 2.17. The van der Waals surface area contributed by atoms with Crippen LogP contribution in [0.15, 0.2) is 132 Å². The number of carboxylic acid groups (broad SMARTS) is 1. The van der Waals surface area contributed by atoms with Crippen LogP contribution < -0.4 is 5.46 Å². The fourth-order valence-corrected chi connectivity index (χ4v) is 7.19. The monoisotopic (exact) mass is 1000 g/mol. The van der Waals surface area contributed by atoms with E-state index in [1.807, 2.05) is 75.4 Å². The Morgan fingerprint density at radius 2 is 0.754 bits per heavy atom. The van der Waals surface area contributed by atoms with Gasteiger partial charge in [-0.3, -0.25) is 0 Å². The van der Waals surface area contributed by atoms with Crippen molar-refractivity contribution in [2.24, 2.45) is 0 Å². The molecular weight excluding hydrogens is 931 g/mol. The van der Waals surface area contributed by atoms with Crippen molar-refractivity contribution in [3.63, 3.8) is 0 Å². The molecule has 0 radical (unpaired) electrons. The molecule has 0 saturated carbocycles. The van der Waals surface area contributed by atoms with Crippen molar-refractivity contribution in [2.75, 3.05) is 21.3 Å². The lowest BCUT2D eigenvalue weighted by molar-refractivity contribution is 0.0591. The molecule has 0 fully saturated rings. The molecule has 4 N–H and O–H groups in total. The standard InChI is InChI=1S/C19H22O2.C18H20O2.C10H15BO2.C9H9BrO2.CH4O.CH4/c1-13-12-15(8-11-17(13)18(20)21-5)14-6-9-16(10-7-14)19(2,3)4;1-12-11-14(7-10-16(12)17(19)20)13-5-8-15(9-6-13)18(2,3)4;1-10(2,3)8-4-6-9(7-5-8)11(12)13;1-6-5-7(10)3-4-8(6)9(11)12-2;1-2;/h6-12H,1-5H3;5-11H,1-4H3,(H,19,20);4-7,12-13H,1-3H3;3-5H,1-2H3;2H,1H3;1H4. The highest BCUT2D eigenvalue weighted by atomic mass is 79.9. The Balaban J connectivity index is 0.000000464. The molecule has 69 heavy (non-hydrogen) atoms. The van der Waals surface area contributed by atoms with Crippen LogP contribution in [0, 0.1) is 20.8 Å². The number of carbonyl (C=O) groups is 3. The molecule has 0 aromatic heterocycles. The highest BCUT2D eigenvalue weighted by molar-refractivity contribution is 9.10. The van der Waals surface area contributed by atoms with Gasteiger partial charge in [-0.15, -0.1) is 0 Å². The Labute approximate surface area is 420 Å². The third-order valence-corrected chi connectivity index (χ3v) is 11.4. The van der Waals surface area contributed by atoms with Gasteiger partial charge in [-0.25, -0.2) is 14.4 Å². The van der Waals surface area contributed by atoms with Gasteiger partial charge in [-0.2, -0.15) is 0 Å². The minimum absolute atomic E-state index is 0. The number of aryl methyl sites for hydroxylation is 3. The number of methoxy groups -OCH3 is 2. The number of aromatic carboxylic acids is 1. The molecule has 0 aliphatic carbocycles. The summed E-state index contributed by atoms with van der Waals surface area (Å²) in [6.45, 7) is 25.2. The van der Waals surface area contributed by atoms with Gasteiger partial charge in [0.25, 0.3) is 0 Å². The first-order chi connectivity index (χ1) is 31.7. The topological polar surface area (TPSA) is 151 Å². The number of hydrogen-bond acceptors (Lipinski definition) is 8. The first-order valence-electron chi connectivity index (χ1n) is 22.2. The summed E-state index contributed by atoms with van der Waals surface area (Å²) in [7, 11) is 2.42. The Bertz CT molecular complexity index is 2560. The van der Waals surface area contributed by atoms with Crippen LogP contribution >= 0.6 is 15.9 Å². The van der Waals surface area contributed by atoms with E-state index in [-0.39, 0.29) is 35.6 Å². The minimum Gasteiger partial charge on any atom is -0.478 e. The normalized spacial score (nSPS) is 10.7. The molecule has 370 valence electrons. The predicted molar refractivity (Wildman–Crippen MR) is 289 cm³/mol. The maximum Gasteiger partial charge on any atom is 0.488 e. The van der Waals surface area contributed by atoms with Gasteiger partial charge in [0, 0.05) is 11.6 Å². The van der Waals surface area contributed by atoms with Gasteiger partial charge in [0.2, 0.25) is 0 Å². The van der Waals surface area contributed by atoms with Crippen LogP contribution in [-0.4, -0.2) is 66.6 Å². The fourth-order valence-electron chi connectivity index (χ4n) is 6.71. The number of carboxylic acids is 1. The summed E-state index contributed by atoms with van der Waals surface area (Å²) in [6, 6.07) is 41.1. The molecule has 0 amide bonds. The van der Waals surface area contributed by atoms with Gasteiger partial charge >= 0.3 is 25.0 Å². The first-order valence-corrected chi connectivity index (χ1v) is 23.0. The molecule has 0 aliphatic heterocycles. The van der Waals surface area contributed by atoms with E-state index in [4.69, 9.17) is 25.0 Å². The minimum atomic E-state index is -1.37. The second kappa shape index (κ2) is 27.4. The van der Waals surface area contributed by atoms with Crippen LogP contribution in [0.1, 0.15) is 134 Å². The molecule has 0 heterocycles. The lowest BCUT2D eigenvalue weighted by Crippen LogP contribution is -2.29. The average Bonchev–Trinajstić information content (AvgIpc) is 3.29. The third-order valence-electron chi connectivity index (χ3n) is 10.9. The maximum absolute atomic E-state index is 11.6.